The molecule has 0 radical (unpaired) electrons. The van der Waals surface area contributed by atoms with Crippen molar-refractivity contribution in [3.63, 3.8) is 0 Å². The van der Waals surface area contributed by atoms with Crippen LogP contribution >= 0.6 is 0 Å². The van der Waals surface area contributed by atoms with E-state index in [1.54, 1.807) is 24.4 Å². The van der Waals surface area contributed by atoms with E-state index in [4.69, 9.17) is 0 Å². The number of ether oxygens (including phenoxy) is 1. The second-order valence-corrected chi connectivity index (χ2v) is 4.93. The van der Waals surface area contributed by atoms with Gasteiger partial charge >= 0.3 is 12.1 Å². The van der Waals surface area contributed by atoms with Crippen molar-refractivity contribution in [1.82, 2.24) is 14.2 Å². The number of anilines is 1. The lowest BCUT2D eigenvalue weighted by Crippen LogP contribution is -2.24. The molecule has 9 heteroatoms. The molecule has 6 nitrogen and oxygen atoms in total. The SMILES string of the molecule is O=c1n(CCNc2ccc(OC(F)(F)F)cc2)nc2ccccn12. The predicted octanol–water partition coefficient (Wildman–Crippen LogP) is 2.51. The highest BCUT2D eigenvalue weighted by Gasteiger charge is 2.30. The highest BCUT2D eigenvalue weighted by atomic mass is 19.4. The van der Waals surface area contributed by atoms with Crippen molar-refractivity contribution in [3.05, 3.63) is 59.1 Å². The summed E-state index contributed by atoms with van der Waals surface area (Å²) in [5.41, 5.74) is 0.916. The first-order chi connectivity index (χ1) is 11.4. The fourth-order valence-corrected chi connectivity index (χ4v) is 2.19. The van der Waals surface area contributed by atoms with E-state index in [1.807, 2.05) is 0 Å². The maximum Gasteiger partial charge on any atom is 0.573 e. The average molecular weight is 338 g/mol. The van der Waals surface area contributed by atoms with Gasteiger partial charge in [-0.2, -0.15) is 0 Å². The maximum atomic E-state index is 12.1. The quantitative estimate of drug-likeness (QED) is 0.777. The summed E-state index contributed by atoms with van der Waals surface area (Å²) < 4.78 is 42.8. The molecule has 1 N–H and O–H groups in total. The van der Waals surface area contributed by atoms with Crippen LogP contribution in [0.3, 0.4) is 0 Å². The van der Waals surface area contributed by atoms with Crippen molar-refractivity contribution in [1.29, 1.82) is 0 Å². The van der Waals surface area contributed by atoms with Crippen LogP contribution in [0.15, 0.2) is 53.5 Å². The first kappa shape index (κ1) is 15.9. The normalized spacial score (nSPS) is 11.6. The third-order valence-electron chi connectivity index (χ3n) is 3.23. The number of alkyl halides is 3. The van der Waals surface area contributed by atoms with Gasteiger partial charge in [-0.15, -0.1) is 18.3 Å². The third kappa shape index (κ3) is 3.67. The number of nitrogens with one attached hydrogen (secondary N) is 1. The average Bonchev–Trinajstić information content (AvgIpc) is 2.85. The van der Waals surface area contributed by atoms with Gasteiger partial charge in [-0.1, -0.05) is 6.07 Å². The molecule has 0 atom stereocenters. The zero-order valence-corrected chi connectivity index (χ0v) is 12.3. The molecule has 0 amide bonds. The van der Waals surface area contributed by atoms with Crippen LogP contribution in [-0.4, -0.2) is 27.1 Å². The minimum atomic E-state index is -4.71. The Morgan fingerprint density at radius 3 is 2.54 bits per heavy atom. The summed E-state index contributed by atoms with van der Waals surface area (Å²) in [7, 11) is 0. The number of benzene rings is 1. The second-order valence-electron chi connectivity index (χ2n) is 4.93. The minimum absolute atomic E-state index is 0.249. The van der Waals surface area contributed by atoms with Gasteiger partial charge in [0.1, 0.15) is 5.75 Å². The number of aromatic nitrogens is 3. The number of rotatable bonds is 5. The van der Waals surface area contributed by atoms with E-state index in [9.17, 15) is 18.0 Å². The predicted molar refractivity (Wildman–Crippen MR) is 81.1 cm³/mol. The number of pyridine rings is 1. The van der Waals surface area contributed by atoms with E-state index in [-0.39, 0.29) is 11.4 Å². The van der Waals surface area contributed by atoms with Crippen LogP contribution in [0.4, 0.5) is 18.9 Å². The van der Waals surface area contributed by atoms with E-state index in [1.165, 1.54) is 33.3 Å². The Bertz CT molecular complexity index is 884. The van der Waals surface area contributed by atoms with Gasteiger partial charge in [0.2, 0.25) is 0 Å². The van der Waals surface area contributed by atoms with Crippen molar-refractivity contribution in [2.75, 3.05) is 11.9 Å². The lowest BCUT2D eigenvalue weighted by Gasteiger charge is -2.10. The first-order valence-corrected chi connectivity index (χ1v) is 7.06. The summed E-state index contributed by atoms with van der Waals surface area (Å²) in [6, 6.07) is 10.6. The molecule has 3 rings (SSSR count). The first-order valence-electron chi connectivity index (χ1n) is 7.06. The Kier molecular flexibility index (Phi) is 4.15. The topological polar surface area (TPSA) is 60.6 Å². The van der Waals surface area contributed by atoms with Crippen molar-refractivity contribution < 1.29 is 17.9 Å². The summed E-state index contributed by atoms with van der Waals surface area (Å²) in [5, 5.41) is 7.19. The third-order valence-corrected chi connectivity index (χ3v) is 3.23. The largest absolute Gasteiger partial charge is 0.573 e. The highest BCUT2D eigenvalue weighted by Crippen LogP contribution is 2.23. The summed E-state index contributed by atoms with van der Waals surface area (Å²) >= 11 is 0. The number of nitrogens with zero attached hydrogens (tertiary/aromatic N) is 3. The van der Waals surface area contributed by atoms with Crippen LogP contribution in [-0.2, 0) is 6.54 Å². The zero-order chi connectivity index (χ0) is 17.2. The Labute approximate surface area is 134 Å². The molecule has 0 bridgehead atoms. The van der Waals surface area contributed by atoms with Gasteiger partial charge in [0.25, 0.3) is 0 Å². The fraction of sp³-hybridized carbons (Fsp3) is 0.200. The summed E-state index contributed by atoms with van der Waals surface area (Å²) in [4.78, 5) is 12.1. The van der Waals surface area contributed by atoms with Crippen molar-refractivity contribution in [3.8, 4) is 5.75 Å². The number of fused-ring (bicyclic) bond motifs is 1. The van der Waals surface area contributed by atoms with Gasteiger partial charge < -0.3 is 10.1 Å². The monoisotopic (exact) mass is 338 g/mol. The maximum absolute atomic E-state index is 12.1. The molecule has 2 heterocycles. The summed E-state index contributed by atoms with van der Waals surface area (Å²) in [6.07, 6.45) is -3.08. The summed E-state index contributed by atoms with van der Waals surface area (Å²) in [5.74, 6) is -0.287. The second kappa shape index (κ2) is 6.26. The number of hydrogen-bond acceptors (Lipinski definition) is 4. The van der Waals surface area contributed by atoms with E-state index in [2.05, 4.69) is 15.2 Å². The molecular weight excluding hydrogens is 325 g/mol. The Hall–Kier alpha value is -2.97. The zero-order valence-electron chi connectivity index (χ0n) is 12.3. The van der Waals surface area contributed by atoms with Crippen LogP contribution in [0, 0.1) is 0 Å². The Morgan fingerprint density at radius 1 is 1.12 bits per heavy atom. The molecule has 3 aromatic rings. The lowest BCUT2D eigenvalue weighted by atomic mass is 10.3. The van der Waals surface area contributed by atoms with Crippen LogP contribution in [0.2, 0.25) is 0 Å². The Morgan fingerprint density at radius 2 is 1.88 bits per heavy atom. The van der Waals surface area contributed by atoms with Gasteiger partial charge in [0.05, 0.1) is 6.54 Å². The minimum Gasteiger partial charge on any atom is -0.406 e. The Balaban J connectivity index is 1.59. The molecule has 0 aliphatic carbocycles. The van der Waals surface area contributed by atoms with Crippen molar-refractivity contribution in [2.45, 2.75) is 12.9 Å². The van der Waals surface area contributed by atoms with Gasteiger partial charge in [0, 0.05) is 18.4 Å². The standard InChI is InChI=1S/C15H13F3N4O2/c16-15(17,18)24-12-6-4-11(5-7-12)19-8-10-22-14(23)21-9-2-1-3-13(21)20-22/h1-7,9,19H,8,10H2. The van der Waals surface area contributed by atoms with Gasteiger partial charge in [-0.25, -0.2) is 9.48 Å². The van der Waals surface area contributed by atoms with Gasteiger partial charge in [-0.05, 0) is 36.4 Å². The molecule has 0 saturated carbocycles. The molecule has 0 aliphatic rings. The molecule has 2 aromatic heterocycles. The van der Waals surface area contributed by atoms with Crippen molar-refractivity contribution in [2.24, 2.45) is 0 Å². The summed E-state index contributed by atoms with van der Waals surface area (Å²) in [6.45, 7) is 0.713. The highest BCUT2D eigenvalue weighted by molar-refractivity contribution is 5.46. The molecule has 0 spiro atoms. The number of halogens is 3. The molecule has 126 valence electrons. The fourth-order valence-electron chi connectivity index (χ4n) is 2.19. The van der Waals surface area contributed by atoms with Crippen LogP contribution in [0.5, 0.6) is 5.75 Å². The molecule has 1 aromatic carbocycles. The van der Waals surface area contributed by atoms with Crippen molar-refractivity contribution >= 4 is 11.3 Å². The smallest absolute Gasteiger partial charge is 0.406 e. The molecular formula is C15H13F3N4O2. The van der Waals surface area contributed by atoms with Gasteiger partial charge in [0.15, 0.2) is 5.65 Å². The van der Waals surface area contributed by atoms with E-state index >= 15 is 0 Å². The van der Waals surface area contributed by atoms with Gasteiger partial charge in [-0.3, -0.25) is 4.40 Å². The molecule has 0 aliphatic heterocycles. The van der Waals surface area contributed by atoms with Crippen LogP contribution in [0.1, 0.15) is 0 Å². The molecule has 0 fully saturated rings. The van der Waals surface area contributed by atoms with Crippen LogP contribution < -0.4 is 15.7 Å². The van der Waals surface area contributed by atoms with E-state index in [0.29, 0.717) is 24.4 Å². The number of hydrogen-bond donors (Lipinski definition) is 1. The molecule has 0 saturated heterocycles. The molecule has 0 unspecified atom stereocenters. The molecule has 24 heavy (non-hydrogen) atoms. The van der Waals surface area contributed by atoms with E-state index < -0.39 is 6.36 Å². The lowest BCUT2D eigenvalue weighted by molar-refractivity contribution is -0.274. The van der Waals surface area contributed by atoms with Crippen LogP contribution in [0.25, 0.3) is 5.65 Å². The van der Waals surface area contributed by atoms with E-state index in [0.717, 1.165) is 0 Å².